The van der Waals surface area contributed by atoms with E-state index in [2.05, 4.69) is 18.2 Å². The first-order chi connectivity index (χ1) is 7.73. The van der Waals surface area contributed by atoms with Gasteiger partial charge in [-0.3, -0.25) is 0 Å². The molecule has 0 amide bonds. The predicted octanol–water partition coefficient (Wildman–Crippen LogP) is 3.72. The third-order valence-corrected chi connectivity index (χ3v) is 3.63. The van der Waals surface area contributed by atoms with Crippen molar-refractivity contribution in [2.24, 2.45) is 0 Å². The Morgan fingerprint density at radius 3 is 2.50 bits per heavy atom. The molecule has 0 aromatic heterocycles. The molecule has 0 spiro atoms. The van der Waals surface area contributed by atoms with Crippen LogP contribution in [0.25, 0.3) is 10.8 Å². The van der Waals surface area contributed by atoms with Crippen LogP contribution in [-0.4, -0.2) is 6.29 Å². The van der Waals surface area contributed by atoms with E-state index in [1.54, 1.807) is 0 Å². The lowest BCUT2D eigenvalue weighted by Gasteiger charge is -2.08. The zero-order valence-electron chi connectivity index (χ0n) is 8.74. The molecule has 0 atom stereocenters. The molecule has 0 N–H and O–H groups in total. The van der Waals surface area contributed by atoms with Crippen molar-refractivity contribution in [3.05, 3.63) is 47.0 Å². The fraction of sp³-hybridized carbons (Fsp3) is 0.214. The van der Waals surface area contributed by atoms with E-state index in [1.165, 1.54) is 0 Å². The first-order valence-corrected chi connectivity index (χ1v) is 5.77. The smallest absolute Gasteiger partial charge is 0.130 e. The lowest BCUT2D eigenvalue weighted by molar-refractivity contribution is -0.109. The maximum absolute atomic E-state index is 11.1. The first-order valence-electron chi connectivity index (χ1n) is 5.40. The molecule has 1 fully saturated rings. The van der Waals surface area contributed by atoms with Gasteiger partial charge in [0.15, 0.2) is 0 Å². The number of hydrogen-bond donors (Lipinski definition) is 0. The van der Waals surface area contributed by atoms with Crippen molar-refractivity contribution < 1.29 is 4.79 Å². The molecule has 0 radical (unpaired) electrons. The maximum Gasteiger partial charge on any atom is 0.130 e. The van der Waals surface area contributed by atoms with E-state index >= 15 is 0 Å². The summed E-state index contributed by atoms with van der Waals surface area (Å²) >= 11 is 5.97. The van der Waals surface area contributed by atoms with Crippen molar-refractivity contribution in [3.8, 4) is 0 Å². The van der Waals surface area contributed by atoms with Crippen molar-refractivity contribution in [1.82, 2.24) is 0 Å². The van der Waals surface area contributed by atoms with Crippen LogP contribution >= 0.6 is 11.6 Å². The zero-order chi connectivity index (χ0) is 11.2. The average molecular weight is 231 g/mol. The molecule has 0 bridgehead atoms. The van der Waals surface area contributed by atoms with Gasteiger partial charge in [0.25, 0.3) is 0 Å². The fourth-order valence-electron chi connectivity index (χ4n) is 2.14. The summed E-state index contributed by atoms with van der Waals surface area (Å²) in [7, 11) is 0. The van der Waals surface area contributed by atoms with Crippen molar-refractivity contribution in [2.45, 2.75) is 18.3 Å². The Hall–Kier alpha value is -1.34. The molecule has 16 heavy (non-hydrogen) atoms. The summed E-state index contributed by atoms with van der Waals surface area (Å²) in [4.78, 5) is 11.1. The molecule has 1 saturated carbocycles. The molecule has 2 aromatic carbocycles. The second-order valence-corrected chi connectivity index (χ2v) is 4.92. The Balaban J connectivity index is 2.18. The van der Waals surface area contributed by atoms with Gasteiger partial charge in [0.05, 0.1) is 5.41 Å². The van der Waals surface area contributed by atoms with Gasteiger partial charge < -0.3 is 4.79 Å². The monoisotopic (exact) mass is 230 g/mol. The summed E-state index contributed by atoms with van der Waals surface area (Å²) in [6.07, 6.45) is 3.03. The highest BCUT2D eigenvalue weighted by molar-refractivity contribution is 6.31. The lowest BCUT2D eigenvalue weighted by atomic mass is 9.95. The summed E-state index contributed by atoms with van der Waals surface area (Å²) in [6.45, 7) is 0. The first kappa shape index (κ1) is 9.86. The van der Waals surface area contributed by atoms with E-state index in [-0.39, 0.29) is 5.41 Å². The third-order valence-electron chi connectivity index (χ3n) is 3.39. The minimum atomic E-state index is -0.198. The summed E-state index contributed by atoms with van der Waals surface area (Å²) in [5.41, 5.74) is 0.925. The van der Waals surface area contributed by atoms with Gasteiger partial charge >= 0.3 is 0 Å². The van der Waals surface area contributed by atoms with Crippen LogP contribution in [0.15, 0.2) is 36.4 Å². The van der Waals surface area contributed by atoms with Crippen LogP contribution in [0.5, 0.6) is 0 Å². The van der Waals surface area contributed by atoms with Crippen molar-refractivity contribution in [2.75, 3.05) is 0 Å². The van der Waals surface area contributed by atoms with Crippen LogP contribution in [0.1, 0.15) is 18.4 Å². The number of fused-ring (bicyclic) bond motifs is 1. The topological polar surface area (TPSA) is 17.1 Å². The third kappa shape index (κ3) is 1.43. The van der Waals surface area contributed by atoms with Gasteiger partial charge in [0.2, 0.25) is 0 Å². The van der Waals surface area contributed by atoms with Gasteiger partial charge in [0, 0.05) is 5.02 Å². The predicted molar refractivity (Wildman–Crippen MR) is 65.9 cm³/mol. The van der Waals surface area contributed by atoms with Crippen LogP contribution in [0, 0.1) is 0 Å². The molecule has 2 aromatic rings. The van der Waals surface area contributed by atoms with Gasteiger partial charge in [-0.1, -0.05) is 35.9 Å². The van der Waals surface area contributed by atoms with Crippen molar-refractivity contribution >= 4 is 28.7 Å². The van der Waals surface area contributed by atoms with Crippen molar-refractivity contribution in [1.29, 1.82) is 0 Å². The molecule has 2 heteroatoms. The lowest BCUT2D eigenvalue weighted by Crippen LogP contribution is -2.07. The van der Waals surface area contributed by atoms with Crippen LogP contribution < -0.4 is 0 Å². The maximum atomic E-state index is 11.1. The molecule has 1 aliphatic carbocycles. The summed E-state index contributed by atoms with van der Waals surface area (Å²) < 4.78 is 0. The molecule has 0 aliphatic heterocycles. The van der Waals surface area contributed by atoms with Gasteiger partial charge in [-0.15, -0.1) is 0 Å². The Kier molecular flexibility index (Phi) is 2.05. The van der Waals surface area contributed by atoms with Gasteiger partial charge in [-0.25, -0.2) is 0 Å². The number of halogens is 1. The molecule has 1 aliphatic rings. The normalized spacial score (nSPS) is 17.3. The zero-order valence-corrected chi connectivity index (χ0v) is 9.50. The van der Waals surface area contributed by atoms with E-state index in [4.69, 9.17) is 11.6 Å². The van der Waals surface area contributed by atoms with E-state index in [0.29, 0.717) is 0 Å². The van der Waals surface area contributed by atoms with Crippen LogP contribution in [0.2, 0.25) is 5.02 Å². The second-order valence-electron chi connectivity index (χ2n) is 4.48. The van der Waals surface area contributed by atoms with E-state index in [9.17, 15) is 4.79 Å². The average Bonchev–Trinajstić information content (AvgIpc) is 3.09. The van der Waals surface area contributed by atoms with Crippen LogP contribution in [0.3, 0.4) is 0 Å². The molecule has 0 unspecified atom stereocenters. The van der Waals surface area contributed by atoms with Crippen LogP contribution in [-0.2, 0) is 10.2 Å². The molecule has 0 heterocycles. The van der Waals surface area contributed by atoms with Crippen molar-refractivity contribution in [3.63, 3.8) is 0 Å². The van der Waals surface area contributed by atoms with Crippen LogP contribution in [0.4, 0.5) is 0 Å². The van der Waals surface area contributed by atoms with Gasteiger partial charge in [-0.2, -0.15) is 0 Å². The second kappa shape index (κ2) is 3.33. The van der Waals surface area contributed by atoms with Gasteiger partial charge in [0.1, 0.15) is 6.29 Å². The largest absolute Gasteiger partial charge is 0.302 e. The molecular weight excluding hydrogens is 220 g/mol. The summed E-state index contributed by atoms with van der Waals surface area (Å²) in [5, 5.41) is 3.01. The highest BCUT2D eigenvalue weighted by atomic mass is 35.5. The number of hydrogen-bond acceptors (Lipinski definition) is 1. The fourth-order valence-corrected chi connectivity index (χ4v) is 2.32. The van der Waals surface area contributed by atoms with Gasteiger partial charge in [-0.05, 0) is 41.3 Å². The Morgan fingerprint density at radius 2 is 1.81 bits per heavy atom. The SMILES string of the molecule is O=CC1(c2ccc3ccc(Cl)cc3c2)CC1. The standard InChI is InChI=1S/C14H11ClO/c15-13-4-2-10-1-3-12(7-11(10)8-13)14(9-16)5-6-14/h1-4,7-9H,5-6H2. The minimum Gasteiger partial charge on any atom is -0.302 e. The molecular formula is C14H11ClO. The molecule has 80 valence electrons. The van der Waals surface area contributed by atoms with E-state index < -0.39 is 0 Å². The Morgan fingerprint density at radius 1 is 1.06 bits per heavy atom. The number of benzene rings is 2. The highest BCUT2D eigenvalue weighted by Crippen LogP contribution is 2.46. The molecule has 0 saturated heterocycles. The van der Waals surface area contributed by atoms with E-state index in [0.717, 1.165) is 40.5 Å². The Bertz CT molecular complexity index is 570. The quantitative estimate of drug-likeness (QED) is 0.719. The summed E-state index contributed by atoms with van der Waals surface area (Å²) in [6, 6.07) is 12.0. The number of aldehydes is 1. The highest BCUT2D eigenvalue weighted by Gasteiger charge is 2.44. The summed E-state index contributed by atoms with van der Waals surface area (Å²) in [5.74, 6) is 0. The number of rotatable bonds is 2. The minimum absolute atomic E-state index is 0.198. The van der Waals surface area contributed by atoms with E-state index in [1.807, 2.05) is 18.2 Å². The Labute approximate surface area is 99.0 Å². The number of carbonyl (C=O) groups is 1. The number of carbonyl (C=O) groups excluding carboxylic acids is 1. The molecule has 1 nitrogen and oxygen atoms in total. The molecule has 3 rings (SSSR count).